The van der Waals surface area contributed by atoms with Crippen molar-refractivity contribution < 1.29 is 4.79 Å². The van der Waals surface area contributed by atoms with Crippen molar-refractivity contribution in [2.24, 2.45) is 0 Å². The van der Waals surface area contributed by atoms with Gasteiger partial charge < -0.3 is 4.90 Å². The SMILES string of the molecule is CC(=O)c1cc(CN(C)CCc2c(C)n[nH]c2C)cs1. The van der Waals surface area contributed by atoms with Crippen LogP contribution in [-0.2, 0) is 13.0 Å². The summed E-state index contributed by atoms with van der Waals surface area (Å²) in [6, 6.07) is 2.00. The summed E-state index contributed by atoms with van der Waals surface area (Å²) in [7, 11) is 2.11. The average Bonchev–Trinajstić information content (AvgIpc) is 2.96. The van der Waals surface area contributed by atoms with Gasteiger partial charge in [0.15, 0.2) is 5.78 Å². The van der Waals surface area contributed by atoms with Crippen molar-refractivity contribution in [2.75, 3.05) is 13.6 Å². The Labute approximate surface area is 123 Å². The molecular formula is C15H21N3OS. The van der Waals surface area contributed by atoms with Crippen LogP contribution in [0.4, 0.5) is 0 Å². The summed E-state index contributed by atoms with van der Waals surface area (Å²) < 4.78 is 0. The van der Waals surface area contributed by atoms with E-state index in [1.165, 1.54) is 22.5 Å². The maximum atomic E-state index is 11.3. The Morgan fingerprint density at radius 3 is 2.75 bits per heavy atom. The molecule has 0 unspecified atom stereocenters. The number of Topliss-reactive ketones (excluding diaryl/α,β-unsaturated/α-hetero) is 1. The minimum Gasteiger partial charge on any atom is -0.302 e. The van der Waals surface area contributed by atoms with E-state index < -0.39 is 0 Å². The summed E-state index contributed by atoms with van der Waals surface area (Å²) in [6.45, 7) is 7.57. The molecule has 20 heavy (non-hydrogen) atoms. The number of rotatable bonds is 6. The van der Waals surface area contributed by atoms with Gasteiger partial charge in [-0.2, -0.15) is 5.10 Å². The van der Waals surface area contributed by atoms with E-state index in [-0.39, 0.29) is 5.78 Å². The van der Waals surface area contributed by atoms with E-state index in [0.717, 1.165) is 35.8 Å². The van der Waals surface area contributed by atoms with E-state index in [4.69, 9.17) is 0 Å². The van der Waals surface area contributed by atoms with Gasteiger partial charge in [0, 0.05) is 18.8 Å². The van der Waals surface area contributed by atoms with E-state index in [0.29, 0.717) is 0 Å². The summed E-state index contributed by atoms with van der Waals surface area (Å²) in [5.74, 6) is 0.147. The third kappa shape index (κ3) is 3.55. The molecule has 1 N–H and O–H groups in total. The van der Waals surface area contributed by atoms with Crippen LogP contribution >= 0.6 is 11.3 Å². The minimum absolute atomic E-state index is 0.147. The fourth-order valence-corrected chi connectivity index (χ4v) is 3.09. The monoisotopic (exact) mass is 291 g/mol. The number of aryl methyl sites for hydroxylation is 2. The first-order valence-corrected chi connectivity index (χ1v) is 7.62. The van der Waals surface area contributed by atoms with Gasteiger partial charge >= 0.3 is 0 Å². The van der Waals surface area contributed by atoms with Gasteiger partial charge in [0.25, 0.3) is 0 Å². The van der Waals surface area contributed by atoms with Crippen LogP contribution in [0.3, 0.4) is 0 Å². The molecular weight excluding hydrogens is 270 g/mol. The molecule has 2 heterocycles. The summed E-state index contributed by atoms with van der Waals surface area (Å²) in [5, 5.41) is 9.31. The van der Waals surface area contributed by atoms with Gasteiger partial charge in [-0.1, -0.05) is 0 Å². The van der Waals surface area contributed by atoms with Crippen LogP contribution in [0.15, 0.2) is 11.4 Å². The standard InChI is InChI=1S/C15H21N3OS/c1-10-14(11(2)17-16-10)5-6-18(4)8-13-7-15(12(3)19)20-9-13/h7,9H,5-6,8H2,1-4H3,(H,16,17). The van der Waals surface area contributed by atoms with Crippen LogP contribution < -0.4 is 0 Å². The molecule has 0 aromatic carbocycles. The van der Waals surface area contributed by atoms with Crippen molar-refractivity contribution in [1.82, 2.24) is 15.1 Å². The lowest BCUT2D eigenvalue weighted by Gasteiger charge is -2.15. The van der Waals surface area contributed by atoms with Crippen LogP contribution in [0, 0.1) is 13.8 Å². The van der Waals surface area contributed by atoms with Gasteiger partial charge in [-0.05, 0) is 56.8 Å². The highest BCUT2D eigenvalue weighted by Crippen LogP contribution is 2.17. The van der Waals surface area contributed by atoms with E-state index >= 15 is 0 Å². The molecule has 0 aliphatic rings. The van der Waals surface area contributed by atoms with Crippen LogP contribution in [0.1, 0.15) is 39.1 Å². The molecule has 108 valence electrons. The van der Waals surface area contributed by atoms with Gasteiger partial charge in [0.1, 0.15) is 0 Å². The first-order valence-electron chi connectivity index (χ1n) is 6.74. The highest BCUT2D eigenvalue weighted by atomic mass is 32.1. The number of nitrogens with one attached hydrogen (secondary N) is 1. The predicted molar refractivity (Wildman–Crippen MR) is 82.4 cm³/mol. The lowest BCUT2D eigenvalue weighted by Crippen LogP contribution is -2.20. The molecule has 0 spiro atoms. The van der Waals surface area contributed by atoms with Crippen LogP contribution in [0.5, 0.6) is 0 Å². The van der Waals surface area contributed by atoms with E-state index in [1.54, 1.807) is 6.92 Å². The number of ketones is 1. The Balaban J connectivity index is 1.89. The minimum atomic E-state index is 0.147. The lowest BCUT2D eigenvalue weighted by atomic mass is 10.1. The average molecular weight is 291 g/mol. The predicted octanol–water partition coefficient (Wildman–Crippen LogP) is 2.97. The Morgan fingerprint density at radius 2 is 2.20 bits per heavy atom. The second-order valence-corrected chi connectivity index (χ2v) is 6.19. The number of hydrogen-bond acceptors (Lipinski definition) is 4. The van der Waals surface area contributed by atoms with Gasteiger partial charge in [-0.3, -0.25) is 9.89 Å². The molecule has 0 saturated carbocycles. The van der Waals surface area contributed by atoms with Crippen LogP contribution in [0.25, 0.3) is 0 Å². The Bertz CT molecular complexity index is 581. The molecule has 2 aromatic rings. The fraction of sp³-hybridized carbons (Fsp3) is 0.467. The second kappa shape index (κ2) is 6.33. The smallest absolute Gasteiger partial charge is 0.169 e. The third-order valence-corrected chi connectivity index (χ3v) is 4.56. The molecule has 0 bridgehead atoms. The number of hydrogen-bond donors (Lipinski definition) is 1. The van der Waals surface area contributed by atoms with Crippen molar-refractivity contribution in [3.05, 3.63) is 38.8 Å². The zero-order valence-electron chi connectivity index (χ0n) is 12.5. The van der Waals surface area contributed by atoms with Gasteiger partial charge in [-0.15, -0.1) is 11.3 Å². The van der Waals surface area contributed by atoms with Crippen molar-refractivity contribution in [3.8, 4) is 0 Å². The summed E-state index contributed by atoms with van der Waals surface area (Å²) in [5.41, 5.74) is 4.77. The summed E-state index contributed by atoms with van der Waals surface area (Å²) >= 11 is 1.53. The number of carbonyl (C=O) groups excluding carboxylic acids is 1. The van der Waals surface area contributed by atoms with E-state index in [9.17, 15) is 4.79 Å². The molecule has 0 amide bonds. The van der Waals surface area contributed by atoms with Gasteiger partial charge in [0.2, 0.25) is 0 Å². The fourth-order valence-electron chi connectivity index (χ4n) is 2.28. The molecule has 2 rings (SSSR count). The molecule has 2 aromatic heterocycles. The Kier molecular flexibility index (Phi) is 4.73. The normalized spacial score (nSPS) is 11.2. The van der Waals surface area contributed by atoms with Gasteiger partial charge in [-0.25, -0.2) is 0 Å². The van der Waals surface area contributed by atoms with Gasteiger partial charge in [0.05, 0.1) is 10.6 Å². The first-order chi connectivity index (χ1) is 9.47. The quantitative estimate of drug-likeness (QED) is 0.832. The lowest BCUT2D eigenvalue weighted by molar-refractivity contribution is 0.102. The molecule has 4 nitrogen and oxygen atoms in total. The largest absolute Gasteiger partial charge is 0.302 e. The number of thiophene rings is 1. The number of aromatic nitrogens is 2. The Morgan fingerprint density at radius 1 is 1.45 bits per heavy atom. The Hall–Kier alpha value is -1.46. The van der Waals surface area contributed by atoms with E-state index in [2.05, 4.69) is 34.4 Å². The topological polar surface area (TPSA) is 49.0 Å². The molecule has 0 radical (unpaired) electrons. The number of H-pyrrole nitrogens is 1. The summed E-state index contributed by atoms with van der Waals surface area (Å²) in [4.78, 5) is 14.4. The molecule has 0 saturated heterocycles. The van der Waals surface area contributed by atoms with Crippen LogP contribution in [-0.4, -0.2) is 34.5 Å². The van der Waals surface area contributed by atoms with Crippen molar-refractivity contribution in [2.45, 2.75) is 33.7 Å². The zero-order chi connectivity index (χ0) is 14.7. The zero-order valence-corrected chi connectivity index (χ0v) is 13.3. The molecule has 0 atom stereocenters. The molecule has 0 aliphatic carbocycles. The van der Waals surface area contributed by atoms with Crippen molar-refractivity contribution >= 4 is 17.1 Å². The molecule has 5 heteroatoms. The maximum Gasteiger partial charge on any atom is 0.169 e. The highest BCUT2D eigenvalue weighted by Gasteiger charge is 2.09. The number of nitrogens with zero attached hydrogens (tertiary/aromatic N) is 2. The number of aromatic amines is 1. The third-order valence-electron chi connectivity index (χ3n) is 3.48. The van der Waals surface area contributed by atoms with Crippen molar-refractivity contribution in [1.29, 1.82) is 0 Å². The van der Waals surface area contributed by atoms with E-state index in [1.807, 2.05) is 13.0 Å². The second-order valence-electron chi connectivity index (χ2n) is 5.28. The number of carbonyl (C=O) groups is 1. The molecule has 0 fully saturated rings. The summed E-state index contributed by atoms with van der Waals surface area (Å²) in [6.07, 6.45) is 0.994. The highest BCUT2D eigenvalue weighted by molar-refractivity contribution is 7.12. The van der Waals surface area contributed by atoms with Crippen LogP contribution in [0.2, 0.25) is 0 Å². The number of likely N-dealkylation sites (N-methyl/N-ethyl adjacent to an activating group) is 1. The molecule has 0 aliphatic heterocycles. The van der Waals surface area contributed by atoms with Crippen molar-refractivity contribution in [3.63, 3.8) is 0 Å². The maximum absolute atomic E-state index is 11.3. The first kappa shape index (κ1) is 14.9.